The number of amides is 1. The zero-order chi connectivity index (χ0) is 15.4. The molecule has 0 spiro atoms. The van der Waals surface area contributed by atoms with Crippen molar-refractivity contribution in [3.05, 3.63) is 45.5 Å². The number of aromatic nitrogens is 3. The van der Waals surface area contributed by atoms with Crippen LogP contribution in [0.4, 0.5) is 0 Å². The highest BCUT2D eigenvalue weighted by atomic mass is 35.5. The highest BCUT2D eigenvalue weighted by molar-refractivity contribution is 6.34. The number of hydrogen-bond donors (Lipinski definition) is 1. The van der Waals surface area contributed by atoms with Crippen molar-refractivity contribution in [3.8, 4) is 0 Å². The maximum Gasteiger partial charge on any atom is 0.271 e. The quantitative estimate of drug-likeness (QED) is 0.678. The lowest BCUT2D eigenvalue weighted by molar-refractivity contribution is 0.0948. The van der Waals surface area contributed by atoms with Crippen molar-refractivity contribution in [1.82, 2.24) is 20.1 Å². The van der Waals surface area contributed by atoms with Gasteiger partial charge < -0.3 is 5.32 Å². The Labute approximate surface area is 133 Å². The van der Waals surface area contributed by atoms with Crippen LogP contribution in [0.1, 0.15) is 28.3 Å². The molecule has 0 unspecified atom stereocenters. The molecule has 112 valence electrons. The molecule has 0 aliphatic rings. The van der Waals surface area contributed by atoms with Gasteiger partial charge in [0.1, 0.15) is 10.8 Å². The molecule has 2 rings (SSSR count). The van der Waals surface area contributed by atoms with E-state index in [0.717, 1.165) is 24.4 Å². The van der Waals surface area contributed by atoms with Gasteiger partial charge in [0.2, 0.25) is 0 Å². The number of hydrogen-bond acceptors (Lipinski definition) is 3. The third-order valence-electron chi connectivity index (χ3n) is 2.96. The second-order valence-electron chi connectivity index (χ2n) is 4.72. The van der Waals surface area contributed by atoms with Crippen LogP contribution >= 0.6 is 23.2 Å². The first kappa shape index (κ1) is 15.8. The summed E-state index contributed by atoms with van der Waals surface area (Å²) in [6.45, 7) is 5.23. The van der Waals surface area contributed by atoms with E-state index in [2.05, 4.69) is 15.4 Å². The molecule has 2 heterocycles. The summed E-state index contributed by atoms with van der Waals surface area (Å²) in [7, 11) is 0. The minimum absolute atomic E-state index is 0.148. The first-order chi connectivity index (χ1) is 9.97. The molecule has 0 bridgehead atoms. The van der Waals surface area contributed by atoms with Crippen molar-refractivity contribution in [2.75, 3.05) is 6.54 Å². The molecule has 0 atom stereocenters. The average molecular weight is 327 g/mol. The van der Waals surface area contributed by atoms with E-state index in [0.29, 0.717) is 6.54 Å². The van der Waals surface area contributed by atoms with Gasteiger partial charge in [-0.05, 0) is 38.5 Å². The van der Waals surface area contributed by atoms with E-state index < -0.39 is 0 Å². The number of halogens is 2. The van der Waals surface area contributed by atoms with E-state index in [9.17, 15) is 4.79 Å². The predicted molar refractivity (Wildman–Crippen MR) is 82.9 cm³/mol. The molecule has 2 aromatic rings. The zero-order valence-electron chi connectivity index (χ0n) is 11.9. The molecular formula is C14H16Cl2N4O. The van der Waals surface area contributed by atoms with Gasteiger partial charge in [-0.1, -0.05) is 23.2 Å². The number of nitrogens with one attached hydrogen (secondary N) is 1. The third-order valence-corrected chi connectivity index (χ3v) is 3.48. The molecule has 21 heavy (non-hydrogen) atoms. The maximum atomic E-state index is 12.0. The molecular weight excluding hydrogens is 311 g/mol. The first-order valence-electron chi connectivity index (χ1n) is 6.58. The summed E-state index contributed by atoms with van der Waals surface area (Å²) in [6, 6.07) is 5.12. The molecule has 0 aromatic carbocycles. The summed E-state index contributed by atoms with van der Waals surface area (Å²) < 4.78 is 1.92. The fourth-order valence-corrected chi connectivity index (χ4v) is 2.33. The van der Waals surface area contributed by atoms with E-state index in [1.807, 2.05) is 24.6 Å². The zero-order valence-corrected chi connectivity index (χ0v) is 13.4. The van der Waals surface area contributed by atoms with Crippen LogP contribution in [0.3, 0.4) is 0 Å². The topological polar surface area (TPSA) is 59.8 Å². The van der Waals surface area contributed by atoms with Crippen LogP contribution < -0.4 is 5.32 Å². The average Bonchev–Trinajstić information content (AvgIpc) is 2.75. The Balaban J connectivity index is 1.84. The van der Waals surface area contributed by atoms with Crippen LogP contribution in [-0.2, 0) is 6.54 Å². The van der Waals surface area contributed by atoms with Crippen molar-refractivity contribution in [1.29, 1.82) is 0 Å². The molecule has 2 aromatic heterocycles. The van der Waals surface area contributed by atoms with Crippen LogP contribution in [0, 0.1) is 13.8 Å². The minimum Gasteiger partial charge on any atom is -0.351 e. The van der Waals surface area contributed by atoms with Gasteiger partial charge in [0.25, 0.3) is 5.91 Å². The van der Waals surface area contributed by atoms with Crippen molar-refractivity contribution >= 4 is 29.1 Å². The van der Waals surface area contributed by atoms with Gasteiger partial charge >= 0.3 is 0 Å². The van der Waals surface area contributed by atoms with Crippen LogP contribution in [0.15, 0.2) is 18.2 Å². The van der Waals surface area contributed by atoms with Gasteiger partial charge in [-0.25, -0.2) is 4.98 Å². The summed E-state index contributed by atoms with van der Waals surface area (Å²) in [5.74, 6) is -0.323. The maximum absolute atomic E-state index is 12.0. The molecule has 0 saturated heterocycles. The van der Waals surface area contributed by atoms with Crippen LogP contribution in [0.5, 0.6) is 0 Å². The summed E-state index contributed by atoms with van der Waals surface area (Å²) in [6.07, 6.45) is 0.770. The van der Waals surface area contributed by atoms with E-state index in [-0.39, 0.29) is 21.8 Å². The lowest BCUT2D eigenvalue weighted by Crippen LogP contribution is -2.26. The molecule has 0 aliphatic carbocycles. The second-order valence-corrected chi connectivity index (χ2v) is 5.52. The monoisotopic (exact) mass is 326 g/mol. The number of carbonyl (C=O) groups is 1. The molecule has 0 fully saturated rings. The van der Waals surface area contributed by atoms with E-state index in [1.165, 1.54) is 0 Å². The fraction of sp³-hybridized carbons (Fsp3) is 0.357. The predicted octanol–water partition coefficient (Wildman–Crippen LogP) is 3.02. The number of pyridine rings is 1. The Morgan fingerprint density at radius 2 is 2.10 bits per heavy atom. The molecule has 7 heteroatoms. The molecule has 1 amide bonds. The highest BCUT2D eigenvalue weighted by Gasteiger charge is 2.12. The van der Waals surface area contributed by atoms with Gasteiger partial charge in [0, 0.05) is 18.8 Å². The van der Waals surface area contributed by atoms with Crippen molar-refractivity contribution in [2.45, 2.75) is 26.8 Å². The number of nitrogens with zero attached hydrogens (tertiary/aromatic N) is 3. The largest absolute Gasteiger partial charge is 0.351 e. The lowest BCUT2D eigenvalue weighted by Gasteiger charge is -2.07. The number of rotatable bonds is 5. The van der Waals surface area contributed by atoms with Crippen molar-refractivity contribution < 1.29 is 4.79 Å². The summed E-state index contributed by atoms with van der Waals surface area (Å²) in [5.41, 5.74) is 2.25. The molecule has 0 aliphatic heterocycles. The summed E-state index contributed by atoms with van der Waals surface area (Å²) >= 11 is 11.7. The van der Waals surface area contributed by atoms with Crippen LogP contribution in [0.2, 0.25) is 10.2 Å². The summed E-state index contributed by atoms with van der Waals surface area (Å²) in [4.78, 5) is 15.9. The smallest absolute Gasteiger partial charge is 0.271 e. The van der Waals surface area contributed by atoms with Crippen LogP contribution in [-0.4, -0.2) is 27.2 Å². The third kappa shape index (κ3) is 4.19. The Bertz CT molecular complexity index is 654. The summed E-state index contributed by atoms with van der Waals surface area (Å²) in [5, 5.41) is 7.67. The molecule has 5 nitrogen and oxygen atoms in total. The number of aryl methyl sites for hydroxylation is 3. The lowest BCUT2D eigenvalue weighted by atomic mass is 10.3. The number of carbonyl (C=O) groups excluding carboxylic acids is 1. The van der Waals surface area contributed by atoms with Crippen molar-refractivity contribution in [2.24, 2.45) is 0 Å². The Morgan fingerprint density at radius 3 is 2.76 bits per heavy atom. The van der Waals surface area contributed by atoms with Gasteiger partial charge in [0.05, 0.1) is 10.7 Å². The standard InChI is InChI=1S/C14H16Cl2N4O/c1-9-8-10(2)20(19-9)7-3-6-17-14(21)13-11(15)4-5-12(16)18-13/h4-5,8H,3,6-7H2,1-2H3,(H,17,21). The second kappa shape index (κ2) is 6.91. The fourth-order valence-electron chi connectivity index (χ4n) is 1.99. The van der Waals surface area contributed by atoms with Crippen LogP contribution in [0.25, 0.3) is 0 Å². The SMILES string of the molecule is Cc1cc(C)n(CCCNC(=O)c2nc(Cl)ccc2Cl)n1. The Kier molecular flexibility index (Phi) is 5.20. The van der Waals surface area contributed by atoms with E-state index in [4.69, 9.17) is 23.2 Å². The first-order valence-corrected chi connectivity index (χ1v) is 7.34. The van der Waals surface area contributed by atoms with Gasteiger partial charge in [-0.3, -0.25) is 9.48 Å². The van der Waals surface area contributed by atoms with Crippen molar-refractivity contribution in [3.63, 3.8) is 0 Å². The highest BCUT2D eigenvalue weighted by Crippen LogP contribution is 2.16. The van der Waals surface area contributed by atoms with Gasteiger partial charge in [-0.15, -0.1) is 0 Å². The van der Waals surface area contributed by atoms with Gasteiger partial charge in [-0.2, -0.15) is 5.10 Å². The molecule has 0 radical (unpaired) electrons. The molecule has 0 saturated carbocycles. The van der Waals surface area contributed by atoms with E-state index >= 15 is 0 Å². The van der Waals surface area contributed by atoms with E-state index in [1.54, 1.807) is 12.1 Å². The Morgan fingerprint density at radius 1 is 1.33 bits per heavy atom. The molecule has 1 N–H and O–H groups in total. The normalized spacial score (nSPS) is 10.7. The van der Waals surface area contributed by atoms with Gasteiger partial charge in [0.15, 0.2) is 0 Å². The Hall–Kier alpha value is -1.59. The minimum atomic E-state index is -0.323.